The van der Waals surface area contributed by atoms with Gasteiger partial charge in [0.2, 0.25) is 0 Å². The molecule has 0 bridgehead atoms. The van der Waals surface area contributed by atoms with Crippen LogP contribution in [0.1, 0.15) is 103 Å². The molecular formula is C52H56N2. The number of nitrogens with zero attached hydrogens (tertiary/aromatic N) is 2. The first kappa shape index (κ1) is 37.0. The van der Waals surface area contributed by atoms with Gasteiger partial charge in [-0.15, -0.1) is 0 Å². The quantitative estimate of drug-likeness (QED) is 0.115. The van der Waals surface area contributed by atoms with Crippen molar-refractivity contribution in [1.82, 2.24) is 0 Å². The second-order valence-electron chi connectivity index (χ2n) is 17.6. The Bertz CT molecular complexity index is 2200. The van der Waals surface area contributed by atoms with Crippen molar-refractivity contribution in [3.05, 3.63) is 168 Å². The molecule has 0 aliphatic carbocycles. The van der Waals surface area contributed by atoms with Crippen molar-refractivity contribution in [2.24, 2.45) is 0 Å². The van der Waals surface area contributed by atoms with E-state index >= 15 is 0 Å². The molecule has 54 heavy (non-hydrogen) atoms. The minimum atomic E-state index is -0.0427. The lowest BCUT2D eigenvalue weighted by atomic mass is 9.82. The first-order valence-electron chi connectivity index (χ1n) is 19.7. The largest absolute Gasteiger partial charge is 0.309 e. The normalized spacial score (nSPS) is 12.2. The van der Waals surface area contributed by atoms with Gasteiger partial charge < -0.3 is 9.80 Å². The number of anilines is 6. The molecular weight excluding hydrogens is 653 g/mol. The second-order valence-corrected chi connectivity index (χ2v) is 17.6. The van der Waals surface area contributed by atoms with Crippen LogP contribution >= 0.6 is 0 Å². The summed E-state index contributed by atoms with van der Waals surface area (Å²) in [6.07, 6.45) is 0. The van der Waals surface area contributed by atoms with Crippen molar-refractivity contribution in [3.8, 4) is 0 Å². The van der Waals surface area contributed by atoms with Crippen LogP contribution in [0.2, 0.25) is 0 Å². The molecule has 0 aliphatic heterocycles. The van der Waals surface area contributed by atoms with Crippen LogP contribution in [-0.4, -0.2) is 0 Å². The molecule has 0 N–H and O–H groups in total. The second kappa shape index (κ2) is 14.5. The molecule has 274 valence electrons. The summed E-state index contributed by atoms with van der Waals surface area (Å²) in [7, 11) is 0. The van der Waals surface area contributed by atoms with E-state index < -0.39 is 0 Å². The minimum absolute atomic E-state index is 0.0427. The van der Waals surface area contributed by atoms with Gasteiger partial charge >= 0.3 is 0 Å². The van der Waals surface area contributed by atoms with E-state index in [-0.39, 0.29) is 10.8 Å². The minimum Gasteiger partial charge on any atom is -0.309 e. The summed E-state index contributed by atoms with van der Waals surface area (Å²) >= 11 is 0. The van der Waals surface area contributed by atoms with Crippen molar-refractivity contribution < 1.29 is 0 Å². The smallest absolute Gasteiger partial charge is 0.0620 e. The predicted molar refractivity (Wildman–Crippen MR) is 236 cm³/mol. The fraction of sp³-hybridized carbons (Fsp3) is 0.269. The molecule has 7 rings (SSSR count). The summed E-state index contributed by atoms with van der Waals surface area (Å²) in [5, 5.41) is 4.89. The molecule has 0 atom stereocenters. The molecule has 2 nitrogen and oxygen atoms in total. The van der Waals surface area contributed by atoms with Gasteiger partial charge in [-0.2, -0.15) is 0 Å². The molecule has 0 amide bonds. The maximum absolute atomic E-state index is 2.49. The highest BCUT2D eigenvalue weighted by Gasteiger charge is 2.28. The van der Waals surface area contributed by atoms with Gasteiger partial charge in [-0.3, -0.25) is 0 Å². The molecule has 7 aromatic rings. The highest BCUT2D eigenvalue weighted by atomic mass is 15.2. The van der Waals surface area contributed by atoms with E-state index in [4.69, 9.17) is 0 Å². The summed E-state index contributed by atoms with van der Waals surface area (Å²) < 4.78 is 0. The Labute approximate surface area is 324 Å². The molecule has 0 fully saturated rings. The van der Waals surface area contributed by atoms with Crippen molar-refractivity contribution in [2.45, 2.75) is 91.9 Å². The first-order chi connectivity index (χ1) is 25.7. The van der Waals surface area contributed by atoms with Crippen LogP contribution in [0.15, 0.2) is 146 Å². The Balaban J connectivity index is 1.68. The highest BCUT2D eigenvalue weighted by molar-refractivity contribution is 6.23. The van der Waals surface area contributed by atoms with Crippen LogP contribution in [0, 0.1) is 0 Å². The van der Waals surface area contributed by atoms with E-state index in [1.54, 1.807) is 0 Å². The monoisotopic (exact) mass is 708 g/mol. The van der Waals surface area contributed by atoms with E-state index in [0.29, 0.717) is 11.8 Å². The van der Waals surface area contributed by atoms with Crippen molar-refractivity contribution in [3.63, 3.8) is 0 Å². The van der Waals surface area contributed by atoms with Gasteiger partial charge in [0.25, 0.3) is 0 Å². The van der Waals surface area contributed by atoms with Crippen LogP contribution < -0.4 is 9.80 Å². The zero-order chi connectivity index (χ0) is 38.4. The standard InChI is InChI=1S/C52H56N2/c1-35(2)37-21-27-43(28-22-37)53(41-17-13-11-14-18-41)49-45-31-25-40(52(8,9)10)34-48(45)50(46-32-26-39(33-47(46)49)51(5,6)7)54(42-19-15-12-16-20-42)44-29-23-38(24-30-44)36(3)4/h11-36H,1-10H3. The first-order valence-corrected chi connectivity index (χ1v) is 19.7. The molecule has 0 aromatic heterocycles. The lowest BCUT2D eigenvalue weighted by Gasteiger charge is -2.34. The summed E-state index contributed by atoms with van der Waals surface area (Å²) in [6.45, 7) is 23.0. The predicted octanol–water partition coefficient (Wildman–Crippen LogP) is 15.8. The molecule has 0 aliphatic rings. The summed E-state index contributed by atoms with van der Waals surface area (Å²) in [4.78, 5) is 4.98. The number of hydrogen-bond acceptors (Lipinski definition) is 2. The molecule has 0 radical (unpaired) electrons. The number of fused-ring (bicyclic) bond motifs is 2. The summed E-state index contributed by atoms with van der Waals surface area (Å²) in [5.74, 6) is 0.905. The molecule has 7 aromatic carbocycles. The lowest BCUT2D eigenvalue weighted by Crippen LogP contribution is -2.17. The third-order valence-electron chi connectivity index (χ3n) is 10.9. The average molecular weight is 709 g/mol. The highest BCUT2D eigenvalue weighted by Crippen LogP contribution is 2.52. The number of hydrogen-bond donors (Lipinski definition) is 0. The maximum atomic E-state index is 2.49. The van der Waals surface area contributed by atoms with Gasteiger partial charge in [-0.25, -0.2) is 0 Å². The summed E-state index contributed by atoms with van der Waals surface area (Å²) in [6, 6.07) is 54.6. The third kappa shape index (κ3) is 7.15. The van der Waals surface area contributed by atoms with Gasteiger partial charge in [0.15, 0.2) is 0 Å². The molecule has 0 spiro atoms. The maximum Gasteiger partial charge on any atom is 0.0620 e. The Hall–Kier alpha value is -5.34. The number of rotatable bonds is 8. The molecule has 0 saturated heterocycles. The molecule has 0 unspecified atom stereocenters. The van der Waals surface area contributed by atoms with E-state index in [2.05, 4.69) is 225 Å². The Morgan fingerprint density at radius 3 is 0.963 bits per heavy atom. The SMILES string of the molecule is CC(C)c1ccc(N(c2ccccc2)c2c3ccc(C(C)(C)C)cc3c(N(c3ccccc3)c3ccc(C(C)C)cc3)c3ccc(C(C)(C)C)cc23)cc1. The lowest BCUT2D eigenvalue weighted by molar-refractivity contribution is 0.590. The number of benzene rings is 7. The number of para-hydroxylation sites is 2. The fourth-order valence-electron chi connectivity index (χ4n) is 7.58. The van der Waals surface area contributed by atoms with Crippen LogP contribution in [-0.2, 0) is 10.8 Å². The van der Waals surface area contributed by atoms with Gasteiger partial charge in [0.1, 0.15) is 0 Å². The van der Waals surface area contributed by atoms with Gasteiger partial charge in [0, 0.05) is 44.3 Å². The van der Waals surface area contributed by atoms with Crippen molar-refractivity contribution >= 4 is 55.7 Å². The molecule has 2 heteroatoms. The van der Waals surface area contributed by atoms with Crippen molar-refractivity contribution in [1.29, 1.82) is 0 Å². The van der Waals surface area contributed by atoms with Crippen LogP contribution in [0.25, 0.3) is 21.5 Å². The van der Waals surface area contributed by atoms with E-state index in [1.807, 2.05) is 0 Å². The van der Waals surface area contributed by atoms with Crippen LogP contribution in [0.5, 0.6) is 0 Å². The average Bonchev–Trinajstić information content (AvgIpc) is 3.16. The third-order valence-corrected chi connectivity index (χ3v) is 10.9. The zero-order valence-electron chi connectivity index (χ0n) is 33.9. The van der Waals surface area contributed by atoms with Crippen molar-refractivity contribution in [2.75, 3.05) is 9.80 Å². The Morgan fingerprint density at radius 1 is 0.352 bits per heavy atom. The van der Waals surface area contributed by atoms with E-state index in [1.165, 1.54) is 55.2 Å². The fourth-order valence-corrected chi connectivity index (χ4v) is 7.58. The summed E-state index contributed by atoms with van der Waals surface area (Å²) in [5.41, 5.74) is 12.2. The van der Waals surface area contributed by atoms with Crippen LogP contribution in [0.3, 0.4) is 0 Å². The van der Waals surface area contributed by atoms with E-state index in [9.17, 15) is 0 Å². The molecule has 0 saturated carbocycles. The van der Waals surface area contributed by atoms with Gasteiger partial charge in [-0.05, 0) is 106 Å². The topological polar surface area (TPSA) is 6.48 Å². The van der Waals surface area contributed by atoms with Gasteiger partial charge in [0.05, 0.1) is 11.4 Å². The van der Waals surface area contributed by atoms with E-state index in [0.717, 1.165) is 22.7 Å². The molecule has 0 heterocycles. The Kier molecular flexibility index (Phi) is 9.92. The van der Waals surface area contributed by atoms with Gasteiger partial charge in [-0.1, -0.05) is 154 Å². The zero-order valence-corrected chi connectivity index (χ0v) is 33.9. The van der Waals surface area contributed by atoms with Crippen LogP contribution in [0.4, 0.5) is 34.1 Å². The Morgan fingerprint density at radius 2 is 0.667 bits per heavy atom.